The topological polar surface area (TPSA) is 35.2 Å². The molecule has 0 aromatic heterocycles. The Labute approximate surface area is 93.6 Å². The molecule has 0 aliphatic carbocycles. The third-order valence-electron chi connectivity index (χ3n) is 2.16. The number of methoxy groups -OCH3 is 1. The first-order valence-electron chi connectivity index (χ1n) is 4.81. The van der Waals surface area contributed by atoms with Crippen LogP contribution in [-0.4, -0.2) is 13.7 Å². The van der Waals surface area contributed by atoms with Crippen molar-refractivity contribution in [1.82, 2.24) is 0 Å². The number of halogens is 1. The number of rotatable bonds is 5. The highest BCUT2D eigenvalue weighted by molar-refractivity contribution is 9.10. The van der Waals surface area contributed by atoms with Crippen molar-refractivity contribution in [3.8, 4) is 5.75 Å². The van der Waals surface area contributed by atoms with Crippen molar-refractivity contribution in [2.75, 3.05) is 13.7 Å². The second kappa shape index (κ2) is 6.04. The Morgan fingerprint density at radius 2 is 2.14 bits per heavy atom. The number of ether oxygens (including phenoxy) is 1. The lowest BCUT2D eigenvalue weighted by Gasteiger charge is -2.08. The predicted octanol–water partition coefficient (Wildman–Crippen LogP) is 2.74. The molecule has 1 rings (SSSR count). The maximum absolute atomic E-state index is 5.45. The van der Waals surface area contributed by atoms with E-state index in [1.54, 1.807) is 7.11 Å². The van der Waals surface area contributed by atoms with Crippen molar-refractivity contribution in [3.05, 3.63) is 28.2 Å². The van der Waals surface area contributed by atoms with Crippen LogP contribution < -0.4 is 10.5 Å². The molecule has 0 saturated carbocycles. The molecular weight excluding hydrogens is 242 g/mol. The summed E-state index contributed by atoms with van der Waals surface area (Å²) >= 11 is 3.54. The molecule has 0 aliphatic rings. The number of unbranched alkanes of at least 4 members (excludes halogenated alkanes) is 1. The molecule has 1 aromatic rings. The highest BCUT2D eigenvalue weighted by atomic mass is 79.9. The maximum Gasteiger partial charge on any atom is 0.133 e. The Kier molecular flexibility index (Phi) is 4.98. The largest absolute Gasteiger partial charge is 0.496 e. The van der Waals surface area contributed by atoms with Crippen molar-refractivity contribution in [2.24, 2.45) is 5.73 Å². The molecule has 3 heteroatoms. The van der Waals surface area contributed by atoms with Gasteiger partial charge in [0.1, 0.15) is 5.75 Å². The summed E-state index contributed by atoms with van der Waals surface area (Å²) in [5, 5.41) is 0. The SMILES string of the molecule is COc1cccc(CCCCN)c1Br. The van der Waals surface area contributed by atoms with Gasteiger partial charge in [-0.05, 0) is 53.4 Å². The Hall–Kier alpha value is -0.540. The van der Waals surface area contributed by atoms with Crippen molar-refractivity contribution >= 4 is 15.9 Å². The molecule has 0 bridgehead atoms. The van der Waals surface area contributed by atoms with E-state index in [1.807, 2.05) is 12.1 Å². The van der Waals surface area contributed by atoms with Crippen LogP contribution in [0.1, 0.15) is 18.4 Å². The average molecular weight is 258 g/mol. The standard InChI is InChI=1S/C11H16BrNO/c1-14-10-7-4-6-9(11(10)12)5-2-3-8-13/h4,6-7H,2-3,5,8,13H2,1H3. The fourth-order valence-electron chi connectivity index (χ4n) is 1.37. The zero-order valence-electron chi connectivity index (χ0n) is 8.42. The molecule has 14 heavy (non-hydrogen) atoms. The summed E-state index contributed by atoms with van der Waals surface area (Å²) < 4.78 is 6.29. The van der Waals surface area contributed by atoms with E-state index in [1.165, 1.54) is 5.56 Å². The molecule has 0 spiro atoms. The molecule has 2 nitrogen and oxygen atoms in total. The van der Waals surface area contributed by atoms with Gasteiger partial charge in [0, 0.05) is 0 Å². The Balaban J connectivity index is 2.66. The molecule has 0 radical (unpaired) electrons. The fraction of sp³-hybridized carbons (Fsp3) is 0.455. The van der Waals surface area contributed by atoms with E-state index in [2.05, 4.69) is 22.0 Å². The molecule has 2 N–H and O–H groups in total. The number of nitrogens with two attached hydrogens (primary N) is 1. The van der Waals surface area contributed by atoms with E-state index >= 15 is 0 Å². The number of hydrogen-bond acceptors (Lipinski definition) is 2. The molecule has 0 aliphatic heterocycles. The second-order valence-electron chi connectivity index (χ2n) is 3.18. The van der Waals surface area contributed by atoms with E-state index < -0.39 is 0 Å². The second-order valence-corrected chi connectivity index (χ2v) is 3.97. The van der Waals surface area contributed by atoms with Crippen LogP contribution in [0.15, 0.2) is 22.7 Å². The molecule has 0 amide bonds. The maximum atomic E-state index is 5.45. The van der Waals surface area contributed by atoms with Crippen LogP contribution in [0, 0.1) is 0 Å². The normalized spacial score (nSPS) is 10.2. The number of benzene rings is 1. The van der Waals surface area contributed by atoms with Crippen molar-refractivity contribution in [1.29, 1.82) is 0 Å². The Bertz CT molecular complexity index is 289. The van der Waals surface area contributed by atoms with E-state index in [-0.39, 0.29) is 0 Å². The molecule has 0 atom stereocenters. The van der Waals surface area contributed by atoms with Gasteiger partial charge in [-0.25, -0.2) is 0 Å². The first-order chi connectivity index (χ1) is 6.79. The molecular formula is C11H16BrNO. The minimum atomic E-state index is 0.765. The average Bonchev–Trinajstić information content (AvgIpc) is 2.21. The van der Waals surface area contributed by atoms with E-state index in [9.17, 15) is 0 Å². The van der Waals surface area contributed by atoms with Gasteiger partial charge in [-0.15, -0.1) is 0 Å². The highest BCUT2D eigenvalue weighted by Gasteiger charge is 2.04. The Morgan fingerprint density at radius 3 is 2.79 bits per heavy atom. The van der Waals surface area contributed by atoms with Gasteiger partial charge in [-0.3, -0.25) is 0 Å². The number of hydrogen-bond donors (Lipinski definition) is 1. The smallest absolute Gasteiger partial charge is 0.133 e. The zero-order chi connectivity index (χ0) is 10.4. The van der Waals surface area contributed by atoms with Gasteiger partial charge < -0.3 is 10.5 Å². The van der Waals surface area contributed by atoms with Crippen LogP contribution in [0.2, 0.25) is 0 Å². The quantitative estimate of drug-likeness (QED) is 0.824. The van der Waals surface area contributed by atoms with Crippen molar-refractivity contribution in [3.63, 3.8) is 0 Å². The van der Waals surface area contributed by atoms with Crippen LogP contribution in [0.5, 0.6) is 5.75 Å². The summed E-state index contributed by atoms with van der Waals surface area (Å²) in [6.45, 7) is 0.765. The summed E-state index contributed by atoms with van der Waals surface area (Å²) in [5.41, 5.74) is 6.74. The third kappa shape index (κ3) is 3.00. The predicted molar refractivity (Wildman–Crippen MR) is 62.7 cm³/mol. The molecule has 0 saturated heterocycles. The van der Waals surface area contributed by atoms with Crippen LogP contribution >= 0.6 is 15.9 Å². The third-order valence-corrected chi connectivity index (χ3v) is 3.06. The van der Waals surface area contributed by atoms with Crippen molar-refractivity contribution < 1.29 is 4.74 Å². The fourth-order valence-corrected chi connectivity index (χ4v) is 1.99. The Morgan fingerprint density at radius 1 is 1.36 bits per heavy atom. The minimum Gasteiger partial charge on any atom is -0.496 e. The zero-order valence-corrected chi connectivity index (χ0v) is 10.0. The monoisotopic (exact) mass is 257 g/mol. The van der Waals surface area contributed by atoms with Gasteiger partial charge in [-0.1, -0.05) is 12.1 Å². The van der Waals surface area contributed by atoms with Crippen LogP contribution in [0.4, 0.5) is 0 Å². The first-order valence-corrected chi connectivity index (χ1v) is 5.60. The summed E-state index contributed by atoms with van der Waals surface area (Å²) in [6.07, 6.45) is 3.25. The van der Waals surface area contributed by atoms with Gasteiger partial charge >= 0.3 is 0 Å². The van der Waals surface area contributed by atoms with Crippen LogP contribution in [-0.2, 0) is 6.42 Å². The first kappa shape index (κ1) is 11.5. The lowest BCUT2D eigenvalue weighted by Crippen LogP contribution is -1.99. The van der Waals surface area contributed by atoms with E-state index in [0.29, 0.717) is 0 Å². The van der Waals surface area contributed by atoms with Gasteiger partial charge in [-0.2, -0.15) is 0 Å². The summed E-state index contributed by atoms with van der Waals surface area (Å²) in [7, 11) is 1.68. The lowest BCUT2D eigenvalue weighted by atomic mass is 10.1. The van der Waals surface area contributed by atoms with Crippen LogP contribution in [0.3, 0.4) is 0 Å². The van der Waals surface area contributed by atoms with Gasteiger partial charge in [0.15, 0.2) is 0 Å². The number of aryl methyl sites for hydroxylation is 1. The molecule has 1 aromatic carbocycles. The van der Waals surface area contributed by atoms with Gasteiger partial charge in [0.25, 0.3) is 0 Å². The van der Waals surface area contributed by atoms with Gasteiger partial charge in [0.2, 0.25) is 0 Å². The molecule has 0 unspecified atom stereocenters. The summed E-state index contributed by atoms with van der Waals surface area (Å²) in [6, 6.07) is 6.08. The van der Waals surface area contributed by atoms with E-state index in [0.717, 1.165) is 36.0 Å². The lowest BCUT2D eigenvalue weighted by molar-refractivity contribution is 0.411. The molecule has 0 fully saturated rings. The summed E-state index contributed by atoms with van der Waals surface area (Å²) in [5.74, 6) is 0.898. The van der Waals surface area contributed by atoms with Crippen molar-refractivity contribution in [2.45, 2.75) is 19.3 Å². The minimum absolute atomic E-state index is 0.765. The van der Waals surface area contributed by atoms with E-state index in [4.69, 9.17) is 10.5 Å². The highest BCUT2D eigenvalue weighted by Crippen LogP contribution is 2.29. The van der Waals surface area contributed by atoms with Crippen LogP contribution in [0.25, 0.3) is 0 Å². The molecule has 0 heterocycles. The summed E-state index contributed by atoms with van der Waals surface area (Å²) in [4.78, 5) is 0. The van der Waals surface area contributed by atoms with Gasteiger partial charge in [0.05, 0.1) is 11.6 Å². The molecule has 78 valence electrons.